The molecule has 5 nitrogen and oxygen atoms in total. The third-order valence-electron chi connectivity index (χ3n) is 3.12. The Balaban J connectivity index is 2.76. The van der Waals surface area contributed by atoms with Crippen LogP contribution in [0.1, 0.15) is 54.6 Å². The Morgan fingerprint density at radius 3 is 2.65 bits per heavy atom. The van der Waals surface area contributed by atoms with Gasteiger partial charge in [0.15, 0.2) is 0 Å². The number of carboxylic acid groups (broad SMARTS) is 1. The second-order valence-corrected chi connectivity index (χ2v) is 4.77. The molecule has 0 spiro atoms. The van der Waals surface area contributed by atoms with Crippen molar-refractivity contribution >= 4 is 11.9 Å². The van der Waals surface area contributed by atoms with Crippen LogP contribution in [0.25, 0.3) is 0 Å². The van der Waals surface area contributed by atoms with Gasteiger partial charge in [-0.05, 0) is 18.1 Å². The second kappa shape index (κ2) is 8.32. The van der Waals surface area contributed by atoms with Crippen LogP contribution in [-0.4, -0.2) is 23.5 Å². The molecule has 1 unspecified atom stereocenters. The third-order valence-corrected chi connectivity index (χ3v) is 3.12. The normalized spacial score (nSPS) is 11.9. The number of carboxylic acids is 1. The van der Waals surface area contributed by atoms with Gasteiger partial charge in [0, 0.05) is 11.6 Å². The molecule has 0 saturated carbocycles. The molecule has 110 valence electrons. The molecule has 0 heterocycles. The zero-order valence-electron chi connectivity index (χ0n) is 11.8. The van der Waals surface area contributed by atoms with Crippen molar-refractivity contribution in [2.75, 3.05) is 6.54 Å². The predicted octanol–water partition coefficient (Wildman–Crippen LogP) is 2.08. The first-order valence-corrected chi connectivity index (χ1v) is 6.90. The molecule has 0 aliphatic heterocycles. The molecule has 0 saturated heterocycles. The Labute approximate surface area is 119 Å². The van der Waals surface area contributed by atoms with Gasteiger partial charge in [-0.3, -0.25) is 9.59 Å². The van der Waals surface area contributed by atoms with Gasteiger partial charge >= 0.3 is 5.97 Å². The molecule has 0 aromatic heterocycles. The number of rotatable bonds is 8. The minimum absolute atomic E-state index is 0.201. The number of hydrogen-bond donors (Lipinski definition) is 3. The van der Waals surface area contributed by atoms with Gasteiger partial charge in [0.1, 0.15) is 6.54 Å². The van der Waals surface area contributed by atoms with Crippen molar-refractivity contribution in [1.82, 2.24) is 5.32 Å². The van der Waals surface area contributed by atoms with Crippen molar-refractivity contribution in [3.05, 3.63) is 35.4 Å². The van der Waals surface area contributed by atoms with Crippen LogP contribution in [0.15, 0.2) is 24.3 Å². The molecule has 0 aliphatic carbocycles. The van der Waals surface area contributed by atoms with E-state index in [4.69, 9.17) is 10.8 Å². The highest BCUT2D eigenvalue weighted by Gasteiger charge is 2.16. The molecule has 1 atom stereocenters. The van der Waals surface area contributed by atoms with Gasteiger partial charge in [0.25, 0.3) is 5.91 Å². The number of carbonyl (C=O) groups is 2. The average Bonchev–Trinajstić information content (AvgIpc) is 2.44. The van der Waals surface area contributed by atoms with Crippen molar-refractivity contribution in [3.8, 4) is 0 Å². The number of amides is 1. The lowest BCUT2D eigenvalue weighted by Gasteiger charge is -2.16. The van der Waals surface area contributed by atoms with E-state index in [9.17, 15) is 9.59 Å². The highest BCUT2D eigenvalue weighted by atomic mass is 16.4. The van der Waals surface area contributed by atoms with Crippen molar-refractivity contribution < 1.29 is 14.7 Å². The Kier molecular flexibility index (Phi) is 6.73. The maximum Gasteiger partial charge on any atom is 0.322 e. The monoisotopic (exact) mass is 278 g/mol. The molecular formula is C15H22N2O3. The molecule has 0 radical (unpaired) electrons. The number of nitrogens with one attached hydrogen (secondary N) is 1. The standard InChI is InChI=1S/C15H22N2O3/c1-2-3-4-9-13(16)11-7-5-6-8-12(11)15(20)17-10-14(18)19/h5-8,13H,2-4,9-10,16H2,1H3,(H,17,20)(H,18,19). The SMILES string of the molecule is CCCCCC(N)c1ccccc1C(=O)NCC(=O)O. The second-order valence-electron chi connectivity index (χ2n) is 4.77. The van der Waals surface area contributed by atoms with E-state index in [0.717, 1.165) is 31.2 Å². The maximum atomic E-state index is 12.0. The maximum absolute atomic E-state index is 12.0. The molecule has 20 heavy (non-hydrogen) atoms. The number of aliphatic carboxylic acids is 1. The van der Waals surface area contributed by atoms with Crippen molar-refractivity contribution in [2.24, 2.45) is 5.73 Å². The van der Waals surface area contributed by atoms with Crippen molar-refractivity contribution in [2.45, 2.75) is 38.6 Å². The zero-order valence-corrected chi connectivity index (χ0v) is 11.8. The molecule has 1 amide bonds. The first-order valence-electron chi connectivity index (χ1n) is 6.90. The Morgan fingerprint density at radius 2 is 2.00 bits per heavy atom. The average molecular weight is 278 g/mol. The molecule has 0 aliphatic rings. The number of hydrogen-bond acceptors (Lipinski definition) is 3. The minimum atomic E-state index is -1.07. The summed E-state index contributed by atoms with van der Waals surface area (Å²) in [4.78, 5) is 22.5. The van der Waals surface area contributed by atoms with Gasteiger partial charge in [0.05, 0.1) is 0 Å². The fourth-order valence-corrected chi connectivity index (χ4v) is 2.05. The van der Waals surface area contributed by atoms with Crippen LogP contribution in [0.2, 0.25) is 0 Å². The fourth-order valence-electron chi connectivity index (χ4n) is 2.05. The fraction of sp³-hybridized carbons (Fsp3) is 0.467. The minimum Gasteiger partial charge on any atom is -0.480 e. The third kappa shape index (κ3) is 5.01. The molecular weight excluding hydrogens is 256 g/mol. The summed E-state index contributed by atoms with van der Waals surface area (Å²) in [6.07, 6.45) is 4.06. The van der Waals surface area contributed by atoms with E-state index in [1.807, 2.05) is 12.1 Å². The van der Waals surface area contributed by atoms with E-state index in [1.165, 1.54) is 0 Å². The van der Waals surface area contributed by atoms with Gasteiger partial charge in [-0.1, -0.05) is 44.4 Å². The largest absolute Gasteiger partial charge is 0.480 e. The predicted molar refractivity (Wildman–Crippen MR) is 77.5 cm³/mol. The van der Waals surface area contributed by atoms with Crippen molar-refractivity contribution in [1.29, 1.82) is 0 Å². The van der Waals surface area contributed by atoms with Crippen LogP contribution in [-0.2, 0) is 4.79 Å². The number of unbranched alkanes of at least 4 members (excludes halogenated alkanes) is 2. The van der Waals surface area contributed by atoms with E-state index < -0.39 is 18.4 Å². The van der Waals surface area contributed by atoms with E-state index in [0.29, 0.717) is 5.56 Å². The Morgan fingerprint density at radius 1 is 1.30 bits per heavy atom. The van der Waals surface area contributed by atoms with Crippen LogP contribution in [0.3, 0.4) is 0 Å². The lowest BCUT2D eigenvalue weighted by molar-refractivity contribution is -0.135. The Bertz CT molecular complexity index is 460. The lowest BCUT2D eigenvalue weighted by atomic mass is 9.96. The topological polar surface area (TPSA) is 92.4 Å². The van der Waals surface area contributed by atoms with Crippen LogP contribution >= 0.6 is 0 Å². The molecule has 4 N–H and O–H groups in total. The smallest absolute Gasteiger partial charge is 0.322 e. The Hall–Kier alpha value is -1.88. The van der Waals surface area contributed by atoms with E-state index >= 15 is 0 Å². The first-order chi connectivity index (χ1) is 9.56. The van der Waals surface area contributed by atoms with Crippen LogP contribution < -0.4 is 11.1 Å². The molecule has 0 fully saturated rings. The van der Waals surface area contributed by atoms with Gasteiger partial charge in [-0.2, -0.15) is 0 Å². The van der Waals surface area contributed by atoms with Gasteiger partial charge in [-0.25, -0.2) is 0 Å². The molecule has 1 aromatic carbocycles. The zero-order chi connectivity index (χ0) is 15.0. The summed E-state index contributed by atoms with van der Waals surface area (Å²) in [7, 11) is 0. The summed E-state index contributed by atoms with van der Waals surface area (Å²) in [5.74, 6) is -1.46. The summed E-state index contributed by atoms with van der Waals surface area (Å²) in [5.41, 5.74) is 7.36. The van der Waals surface area contributed by atoms with E-state index in [2.05, 4.69) is 12.2 Å². The van der Waals surface area contributed by atoms with Crippen LogP contribution in [0.4, 0.5) is 0 Å². The quantitative estimate of drug-likeness (QED) is 0.635. The van der Waals surface area contributed by atoms with Crippen molar-refractivity contribution in [3.63, 3.8) is 0 Å². The number of carbonyl (C=O) groups excluding carboxylic acids is 1. The van der Waals surface area contributed by atoms with Gasteiger partial charge in [-0.15, -0.1) is 0 Å². The molecule has 1 rings (SSSR count). The molecule has 5 heteroatoms. The summed E-state index contributed by atoms with van der Waals surface area (Å²) in [6, 6.07) is 6.88. The number of benzene rings is 1. The van der Waals surface area contributed by atoms with E-state index in [-0.39, 0.29) is 6.04 Å². The summed E-state index contributed by atoms with van der Waals surface area (Å²) in [5, 5.41) is 11.0. The first kappa shape index (κ1) is 16.2. The van der Waals surface area contributed by atoms with Gasteiger partial charge in [0.2, 0.25) is 0 Å². The molecule has 0 bridgehead atoms. The number of nitrogens with two attached hydrogens (primary N) is 1. The highest BCUT2D eigenvalue weighted by Crippen LogP contribution is 2.21. The van der Waals surface area contributed by atoms with Gasteiger partial charge < -0.3 is 16.2 Å². The summed E-state index contributed by atoms with van der Waals surface area (Å²) < 4.78 is 0. The highest BCUT2D eigenvalue weighted by molar-refractivity contribution is 5.97. The van der Waals surface area contributed by atoms with E-state index in [1.54, 1.807) is 12.1 Å². The summed E-state index contributed by atoms with van der Waals surface area (Å²) >= 11 is 0. The molecule has 1 aromatic rings. The van der Waals surface area contributed by atoms with Crippen LogP contribution in [0.5, 0.6) is 0 Å². The van der Waals surface area contributed by atoms with Crippen LogP contribution in [0, 0.1) is 0 Å². The lowest BCUT2D eigenvalue weighted by Crippen LogP contribution is -2.30. The summed E-state index contributed by atoms with van der Waals surface area (Å²) in [6.45, 7) is 1.73.